The minimum absolute atomic E-state index is 0.264. The van der Waals surface area contributed by atoms with Gasteiger partial charge in [0.2, 0.25) is 0 Å². The lowest BCUT2D eigenvalue weighted by molar-refractivity contribution is 0.195. The van der Waals surface area contributed by atoms with Crippen LogP contribution in [0.2, 0.25) is 0 Å². The van der Waals surface area contributed by atoms with E-state index in [0.717, 1.165) is 10.6 Å². The van der Waals surface area contributed by atoms with Gasteiger partial charge in [0.25, 0.3) is 0 Å². The van der Waals surface area contributed by atoms with Crippen molar-refractivity contribution in [3.8, 4) is 10.6 Å². The molecular formula is C13H14FNOS2. The van der Waals surface area contributed by atoms with E-state index in [0.29, 0.717) is 16.3 Å². The second-order valence-electron chi connectivity index (χ2n) is 3.80. The zero-order chi connectivity index (χ0) is 13.1. The summed E-state index contributed by atoms with van der Waals surface area (Å²) in [7, 11) is 0. The van der Waals surface area contributed by atoms with Gasteiger partial charge >= 0.3 is 0 Å². The van der Waals surface area contributed by atoms with E-state index in [2.05, 4.69) is 4.98 Å². The van der Waals surface area contributed by atoms with Crippen molar-refractivity contribution >= 4 is 23.1 Å². The molecule has 1 aromatic carbocycles. The number of thioether (sulfide) groups is 1. The molecule has 0 aliphatic rings. The van der Waals surface area contributed by atoms with Gasteiger partial charge in [0.05, 0.1) is 17.4 Å². The molecule has 2 rings (SSSR count). The number of benzene rings is 1. The number of thiazole rings is 1. The average Bonchev–Trinajstić information content (AvgIpc) is 2.79. The molecule has 1 atom stereocenters. The maximum absolute atomic E-state index is 14.0. The Morgan fingerprint density at radius 2 is 2.28 bits per heavy atom. The van der Waals surface area contributed by atoms with Gasteiger partial charge in [-0.2, -0.15) is 0 Å². The quantitative estimate of drug-likeness (QED) is 0.857. The van der Waals surface area contributed by atoms with Crippen LogP contribution in [0.15, 0.2) is 28.5 Å². The third kappa shape index (κ3) is 2.74. The van der Waals surface area contributed by atoms with Gasteiger partial charge in [-0.15, -0.1) is 23.1 Å². The van der Waals surface area contributed by atoms with Gasteiger partial charge in [-0.3, -0.25) is 0 Å². The Balaban J connectivity index is 2.48. The van der Waals surface area contributed by atoms with Crippen molar-refractivity contribution in [1.29, 1.82) is 0 Å². The van der Waals surface area contributed by atoms with Crippen LogP contribution in [0.1, 0.15) is 25.6 Å². The highest BCUT2D eigenvalue weighted by molar-refractivity contribution is 7.99. The maximum atomic E-state index is 14.0. The number of nitrogens with zero attached hydrogens (tertiary/aromatic N) is 1. The molecule has 0 bridgehead atoms. The first kappa shape index (κ1) is 13.5. The summed E-state index contributed by atoms with van der Waals surface area (Å²) < 4.78 is 14.0. The van der Waals surface area contributed by atoms with Gasteiger partial charge in [0.1, 0.15) is 10.8 Å². The predicted molar refractivity (Wildman–Crippen MR) is 74.5 cm³/mol. The molecule has 0 aliphatic heterocycles. The molecule has 0 amide bonds. The smallest absolute Gasteiger partial charge is 0.134 e. The predicted octanol–water partition coefficient (Wildman–Crippen LogP) is 4.11. The van der Waals surface area contributed by atoms with Crippen molar-refractivity contribution in [3.63, 3.8) is 0 Å². The second kappa shape index (κ2) is 5.82. The summed E-state index contributed by atoms with van der Waals surface area (Å²) in [5.74, 6) is 0.616. The molecule has 0 saturated carbocycles. The second-order valence-corrected chi connectivity index (χ2v) is 5.96. The van der Waals surface area contributed by atoms with Crippen molar-refractivity contribution in [2.45, 2.75) is 24.8 Å². The molecule has 96 valence electrons. The number of aliphatic hydroxyl groups excluding tert-OH is 1. The third-order valence-corrected chi connectivity index (χ3v) is 4.26. The van der Waals surface area contributed by atoms with Gasteiger partial charge in [-0.25, -0.2) is 9.37 Å². The summed E-state index contributed by atoms with van der Waals surface area (Å²) in [6, 6.07) is 5.05. The summed E-state index contributed by atoms with van der Waals surface area (Å²) in [5, 5.41) is 11.9. The van der Waals surface area contributed by atoms with E-state index < -0.39 is 6.10 Å². The first-order valence-corrected chi connectivity index (χ1v) is 7.55. The Bertz CT molecular complexity index is 540. The zero-order valence-corrected chi connectivity index (χ0v) is 11.8. The molecule has 5 heteroatoms. The van der Waals surface area contributed by atoms with Crippen LogP contribution >= 0.6 is 23.1 Å². The number of aromatic nitrogens is 1. The molecule has 0 spiro atoms. The number of aliphatic hydroxyl groups is 1. The lowest BCUT2D eigenvalue weighted by atomic mass is 10.2. The van der Waals surface area contributed by atoms with Crippen LogP contribution in [-0.2, 0) is 0 Å². The molecule has 1 N–H and O–H groups in total. The van der Waals surface area contributed by atoms with Crippen LogP contribution in [-0.4, -0.2) is 15.8 Å². The van der Waals surface area contributed by atoms with Crippen LogP contribution in [0.5, 0.6) is 0 Å². The largest absolute Gasteiger partial charge is 0.387 e. The minimum atomic E-state index is -0.621. The SMILES string of the molecule is CCSc1cccc(F)c1-c1nc(C(C)O)cs1. The van der Waals surface area contributed by atoms with Crippen LogP contribution in [0.3, 0.4) is 0 Å². The van der Waals surface area contributed by atoms with Crippen LogP contribution < -0.4 is 0 Å². The first-order valence-electron chi connectivity index (χ1n) is 5.68. The van der Waals surface area contributed by atoms with Gasteiger partial charge < -0.3 is 5.11 Å². The van der Waals surface area contributed by atoms with E-state index >= 15 is 0 Å². The molecule has 1 aromatic heterocycles. The topological polar surface area (TPSA) is 33.1 Å². The molecule has 2 nitrogen and oxygen atoms in total. The van der Waals surface area contributed by atoms with E-state index in [1.807, 2.05) is 13.0 Å². The Hall–Kier alpha value is -0.910. The fourth-order valence-corrected chi connectivity index (χ4v) is 3.43. The molecule has 0 aliphatic carbocycles. The van der Waals surface area contributed by atoms with Crippen molar-refractivity contribution in [2.75, 3.05) is 5.75 Å². The molecule has 18 heavy (non-hydrogen) atoms. The van der Waals surface area contributed by atoms with E-state index in [1.54, 1.807) is 30.1 Å². The maximum Gasteiger partial charge on any atom is 0.134 e. The fraction of sp³-hybridized carbons (Fsp3) is 0.308. The third-order valence-electron chi connectivity index (χ3n) is 2.44. The molecule has 0 saturated heterocycles. The number of rotatable bonds is 4. The summed E-state index contributed by atoms with van der Waals surface area (Å²) in [4.78, 5) is 5.19. The normalized spacial score (nSPS) is 12.7. The lowest BCUT2D eigenvalue weighted by Crippen LogP contribution is -1.92. The van der Waals surface area contributed by atoms with Crippen LogP contribution in [0, 0.1) is 5.82 Å². The Morgan fingerprint density at radius 3 is 2.89 bits per heavy atom. The number of hydrogen-bond acceptors (Lipinski definition) is 4. The molecule has 0 fully saturated rings. The summed E-state index contributed by atoms with van der Waals surface area (Å²) in [5.41, 5.74) is 1.13. The van der Waals surface area contributed by atoms with Crippen molar-refractivity contribution in [3.05, 3.63) is 35.1 Å². The van der Waals surface area contributed by atoms with Gasteiger partial charge in [-0.05, 0) is 24.8 Å². The Kier molecular flexibility index (Phi) is 4.37. The number of hydrogen-bond donors (Lipinski definition) is 1. The van der Waals surface area contributed by atoms with Crippen LogP contribution in [0.25, 0.3) is 10.6 Å². The van der Waals surface area contributed by atoms with Crippen molar-refractivity contribution in [2.24, 2.45) is 0 Å². The highest BCUT2D eigenvalue weighted by Crippen LogP contribution is 2.36. The minimum Gasteiger partial charge on any atom is -0.387 e. The van der Waals surface area contributed by atoms with Gasteiger partial charge in [0, 0.05) is 10.3 Å². The highest BCUT2D eigenvalue weighted by Gasteiger charge is 2.15. The van der Waals surface area contributed by atoms with E-state index in [4.69, 9.17) is 0 Å². The Morgan fingerprint density at radius 1 is 1.50 bits per heavy atom. The van der Waals surface area contributed by atoms with Gasteiger partial charge in [-0.1, -0.05) is 13.0 Å². The number of halogens is 1. The summed E-state index contributed by atoms with van der Waals surface area (Å²) in [6.45, 7) is 3.68. The monoisotopic (exact) mass is 283 g/mol. The van der Waals surface area contributed by atoms with E-state index in [9.17, 15) is 9.50 Å². The van der Waals surface area contributed by atoms with E-state index in [-0.39, 0.29) is 5.82 Å². The molecule has 1 unspecified atom stereocenters. The van der Waals surface area contributed by atoms with E-state index in [1.165, 1.54) is 17.4 Å². The molecular weight excluding hydrogens is 269 g/mol. The zero-order valence-electron chi connectivity index (χ0n) is 10.2. The average molecular weight is 283 g/mol. The van der Waals surface area contributed by atoms with Crippen LogP contribution in [0.4, 0.5) is 4.39 Å². The van der Waals surface area contributed by atoms with Crippen molar-refractivity contribution < 1.29 is 9.50 Å². The fourth-order valence-electron chi connectivity index (χ4n) is 1.58. The lowest BCUT2D eigenvalue weighted by Gasteiger charge is -2.06. The first-order chi connectivity index (χ1) is 8.63. The molecule has 1 heterocycles. The van der Waals surface area contributed by atoms with Crippen molar-refractivity contribution in [1.82, 2.24) is 4.98 Å². The molecule has 0 radical (unpaired) electrons. The summed E-state index contributed by atoms with van der Waals surface area (Å²) >= 11 is 2.95. The standard InChI is InChI=1S/C13H14FNOS2/c1-3-17-11-6-4-5-9(14)12(11)13-15-10(7-18-13)8(2)16/h4-8,16H,3H2,1-2H3. The highest BCUT2D eigenvalue weighted by atomic mass is 32.2. The Labute approximate surface area is 114 Å². The summed E-state index contributed by atoms with van der Waals surface area (Å²) in [6.07, 6.45) is -0.621. The molecule has 2 aromatic rings. The van der Waals surface area contributed by atoms with Gasteiger partial charge in [0.15, 0.2) is 0 Å².